The Morgan fingerprint density at radius 1 is 1.12 bits per heavy atom. The molecule has 0 saturated heterocycles. The standard InChI is InChI=1S/C13H13ClN2/c1-3-12-8-13(16-9(2)15-12)10-4-6-11(14)7-5-10/h4-8H,3H2,1-2H3. The quantitative estimate of drug-likeness (QED) is 0.790. The molecule has 0 saturated carbocycles. The molecule has 2 nitrogen and oxygen atoms in total. The number of aryl methyl sites for hydroxylation is 2. The van der Waals surface area contributed by atoms with Gasteiger partial charge < -0.3 is 0 Å². The Morgan fingerprint density at radius 3 is 2.44 bits per heavy atom. The number of rotatable bonds is 2. The first-order valence-corrected chi connectivity index (χ1v) is 5.67. The Morgan fingerprint density at radius 2 is 1.81 bits per heavy atom. The summed E-state index contributed by atoms with van der Waals surface area (Å²) in [6.07, 6.45) is 0.921. The van der Waals surface area contributed by atoms with E-state index in [0.29, 0.717) is 0 Å². The van der Waals surface area contributed by atoms with Crippen LogP contribution in [0, 0.1) is 6.92 Å². The molecule has 2 rings (SSSR count). The van der Waals surface area contributed by atoms with Gasteiger partial charge in [0.25, 0.3) is 0 Å². The monoisotopic (exact) mass is 232 g/mol. The van der Waals surface area contributed by atoms with Crippen LogP contribution in [0.15, 0.2) is 30.3 Å². The molecule has 0 atom stereocenters. The minimum Gasteiger partial charge on any atom is -0.238 e. The molecule has 2 aromatic rings. The Kier molecular flexibility index (Phi) is 3.20. The average Bonchev–Trinajstić information content (AvgIpc) is 2.29. The summed E-state index contributed by atoms with van der Waals surface area (Å²) in [7, 11) is 0. The molecule has 0 spiro atoms. The number of aromatic nitrogens is 2. The van der Waals surface area contributed by atoms with Crippen molar-refractivity contribution in [1.82, 2.24) is 9.97 Å². The van der Waals surface area contributed by atoms with Crippen LogP contribution >= 0.6 is 11.6 Å². The van der Waals surface area contributed by atoms with Crippen molar-refractivity contribution in [3.63, 3.8) is 0 Å². The highest BCUT2D eigenvalue weighted by molar-refractivity contribution is 6.30. The molecular formula is C13H13ClN2. The van der Waals surface area contributed by atoms with Crippen molar-refractivity contribution < 1.29 is 0 Å². The molecule has 3 heteroatoms. The summed E-state index contributed by atoms with van der Waals surface area (Å²) in [5.74, 6) is 0.810. The van der Waals surface area contributed by atoms with Crippen molar-refractivity contribution in [3.05, 3.63) is 46.9 Å². The van der Waals surface area contributed by atoms with Crippen LogP contribution in [-0.4, -0.2) is 9.97 Å². The van der Waals surface area contributed by atoms with Gasteiger partial charge in [0.15, 0.2) is 0 Å². The van der Waals surface area contributed by atoms with Gasteiger partial charge in [-0.05, 0) is 31.5 Å². The van der Waals surface area contributed by atoms with Crippen molar-refractivity contribution in [2.24, 2.45) is 0 Å². The molecular weight excluding hydrogens is 220 g/mol. The van der Waals surface area contributed by atoms with Gasteiger partial charge in [0, 0.05) is 16.3 Å². The number of hydrogen-bond donors (Lipinski definition) is 0. The number of benzene rings is 1. The van der Waals surface area contributed by atoms with Crippen molar-refractivity contribution in [1.29, 1.82) is 0 Å². The molecule has 1 aromatic heterocycles. The van der Waals surface area contributed by atoms with Gasteiger partial charge in [-0.2, -0.15) is 0 Å². The Hall–Kier alpha value is -1.41. The lowest BCUT2D eigenvalue weighted by Gasteiger charge is -2.04. The van der Waals surface area contributed by atoms with Crippen LogP contribution in [0.2, 0.25) is 5.02 Å². The minimum atomic E-state index is 0.741. The largest absolute Gasteiger partial charge is 0.238 e. The Bertz CT molecular complexity index is 492. The van der Waals surface area contributed by atoms with E-state index >= 15 is 0 Å². The summed E-state index contributed by atoms with van der Waals surface area (Å²) < 4.78 is 0. The molecule has 0 unspecified atom stereocenters. The van der Waals surface area contributed by atoms with Crippen molar-refractivity contribution in [2.75, 3.05) is 0 Å². The van der Waals surface area contributed by atoms with Gasteiger partial charge in [-0.15, -0.1) is 0 Å². The Labute approximate surface area is 100 Å². The average molecular weight is 233 g/mol. The molecule has 1 aromatic carbocycles. The smallest absolute Gasteiger partial charge is 0.126 e. The predicted molar refractivity (Wildman–Crippen MR) is 66.6 cm³/mol. The van der Waals surface area contributed by atoms with E-state index in [-0.39, 0.29) is 0 Å². The van der Waals surface area contributed by atoms with Gasteiger partial charge in [-0.1, -0.05) is 30.7 Å². The van der Waals surface area contributed by atoms with Crippen molar-refractivity contribution in [2.45, 2.75) is 20.3 Å². The maximum Gasteiger partial charge on any atom is 0.126 e. The zero-order chi connectivity index (χ0) is 11.5. The lowest BCUT2D eigenvalue weighted by molar-refractivity contribution is 0.953. The third kappa shape index (κ3) is 2.39. The van der Waals surface area contributed by atoms with Crippen LogP contribution < -0.4 is 0 Å². The van der Waals surface area contributed by atoms with Crippen LogP contribution in [0.4, 0.5) is 0 Å². The highest BCUT2D eigenvalue weighted by Crippen LogP contribution is 2.20. The molecule has 0 aliphatic carbocycles. The van der Waals surface area contributed by atoms with Crippen LogP contribution in [-0.2, 0) is 6.42 Å². The second kappa shape index (κ2) is 4.62. The molecule has 0 aliphatic rings. The van der Waals surface area contributed by atoms with E-state index in [1.165, 1.54) is 0 Å². The lowest BCUT2D eigenvalue weighted by atomic mass is 10.1. The van der Waals surface area contributed by atoms with E-state index in [9.17, 15) is 0 Å². The molecule has 1 heterocycles. The first-order valence-electron chi connectivity index (χ1n) is 5.29. The zero-order valence-electron chi connectivity index (χ0n) is 9.37. The summed E-state index contributed by atoms with van der Waals surface area (Å²) >= 11 is 5.86. The number of nitrogens with zero attached hydrogens (tertiary/aromatic N) is 2. The fourth-order valence-corrected chi connectivity index (χ4v) is 1.71. The van der Waals surface area contributed by atoms with Crippen molar-refractivity contribution in [3.8, 4) is 11.3 Å². The van der Waals surface area contributed by atoms with Crippen molar-refractivity contribution >= 4 is 11.6 Å². The summed E-state index contributed by atoms with van der Waals surface area (Å²) in [5, 5.41) is 0.741. The van der Waals surface area contributed by atoms with Gasteiger partial charge in [-0.25, -0.2) is 9.97 Å². The lowest BCUT2D eigenvalue weighted by Crippen LogP contribution is -1.96. The van der Waals surface area contributed by atoms with Crippen LogP contribution in [0.3, 0.4) is 0 Å². The third-order valence-electron chi connectivity index (χ3n) is 2.39. The number of halogens is 1. The molecule has 16 heavy (non-hydrogen) atoms. The van der Waals surface area contributed by atoms with Gasteiger partial charge in [0.1, 0.15) is 5.82 Å². The predicted octanol–water partition coefficient (Wildman–Crippen LogP) is 3.67. The highest BCUT2D eigenvalue weighted by Gasteiger charge is 2.03. The van der Waals surface area contributed by atoms with Gasteiger partial charge in [0.2, 0.25) is 0 Å². The molecule has 0 bridgehead atoms. The molecule has 82 valence electrons. The van der Waals surface area contributed by atoms with Crippen LogP contribution in [0.25, 0.3) is 11.3 Å². The molecule has 0 aliphatic heterocycles. The first kappa shape index (κ1) is 11.1. The van der Waals surface area contributed by atoms with E-state index < -0.39 is 0 Å². The zero-order valence-corrected chi connectivity index (χ0v) is 10.1. The fourth-order valence-electron chi connectivity index (χ4n) is 1.58. The SMILES string of the molecule is CCc1cc(-c2ccc(Cl)cc2)nc(C)n1. The number of hydrogen-bond acceptors (Lipinski definition) is 2. The molecule has 0 N–H and O–H groups in total. The highest BCUT2D eigenvalue weighted by atomic mass is 35.5. The van der Waals surface area contributed by atoms with Gasteiger partial charge in [0.05, 0.1) is 5.69 Å². The maximum absolute atomic E-state index is 5.86. The second-order valence-electron chi connectivity index (χ2n) is 3.65. The van der Waals surface area contributed by atoms with Gasteiger partial charge >= 0.3 is 0 Å². The molecule has 0 amide bonds. The molecule has 0 radical (unpaired) electrons. The first-order chi connectivity index (χ1) is 7.69. The maximum atomic E-state index is 5.86. The Balaban J connectivity index is 2.47. The summed E-state index contributed by atoms with van der Waals surface area (Å²) in [4.78, 5) is 8.79. The second-order valence-corrected chi connectivity index (χ2v) is 4.09. The third-order valence-corrected chi connectivity index (χ3v) is 2.65. The van der Waals surface area contributed by atoms with E-state index in [2.05, 4.69) is 16.9 Å². The van der Waals surface area contributed by atoms with Crippen LogP contribution in [0.1, 0.15) is 18.4 Å². The van der Waals surface area contributed by atoms with E-state index in [1.807, 2.05) is 37.3 Å². The van der Waals surface area contributed by atoms with E-state index in [0.717, 1.165) is 34.2 Å². The summed E-state index contributed by atoms with van der Waals surface area (Å²) in [5.41, 5.74) is 3.10. The normalized spacial score (nSPS) is 10.4. The molecule has 0 fully saturated rings. The summed E-state index contributed by atoms with van der Waals surface area (Å²) in [6, 6.07) is 9.73. The minimum absolute atomic E-state index is 0.741. The van der Waals surface area contributed by atoms with Crippen LogP contribution in [0.5, 0.6) is 0 Å². The van der Waals surface area contributed by atoms with Gasteiger partial charge in [-0.3, -0.25) is 0 Å². The topological polar surface area (TPSA) is 25.8 Å². The fraction of sp³-hybridized carbons (Fsp3) is 0.231. The van der Waals surface area contributed by atoms with E-state index in [1.54, 1.807) is 0 Å². The van der Waals surface area contributed by atoms with E-state index in [4.69, 9.17) is 11.6 Å². The summed E-state index contributed by atoms with van der Waals surface area (Å²) in [6.45, 7) is 4.01.